The Bertz CT molecular complexity index is 1320. The molecule has 1 aliphatic heterocycles. The van der Waals surface area contributed by atoms with Crippen LogP contribution in [0.15, 0.2) is 73.1 Å². The summed E-state index contributed by atoms with van der Waals surface area (Å²) < 4.78 is 5.12. The zero-order valence-electron chi connectivity index (χ0n) is 23.0. The number of benzene rings is 2. The number of anilines is 1. The number of ether oxygens (including phenoxy) is 1. The van der Waals surface area contributed by atoms with Gasteiger partial charge in [0.25, 0.3) is 0 Å². The number of β-amino-alcohol motifs (C(OH)–C–C–N with tert-alkyl or cyclic N) is 1. The summed E-state index contributed by atoms with van der Waals surface area (Å²) in [5, 5.41) is 34.8. The van der Waals surface area contributed by atoms with E-state index >= 15 is 0 Å². The minimum absolute atomic E-state index is 0.0718. The van der Waals surface area contributed by atoms with E-state index in [4.69, 9.17) is 4.74 Å². The molecule has 4 N–H and O–H groups in total. The highest BCUT2D eigenvalue weighted by molar-refractivity contribution is 5.89. The lowest BCUT2D eigenvalue weighted by molar-refractivity contribution is -0.113. The number of hydrogen-bond donors (Lipinski definition) is 4. The second kappa shape index (κ2) is 12.9. The Kier molecular flexibility index (Phi) is 9.40. The second-order valence-corrected chi connectivity index (χ2v) is 10.3. The van der Waals surface area contributed by atoms with Gasteiger partial charge >= 0.3 is 6.03 Å². The van der Waals surface area contributed by atoms with E-state index in [0.717, 1.165) is 16.7 Å². The first kappa shape index (κ1) is 29.1. The summed E-state index contributed by atoms with van der Waals surface area (Å²) in [6.07, 6.45) is 2.23. The smallest absolute Gasteiger partial charge is 0.321 e. The van der Waals surface area contributed by atoms with E-state index in [-0.39, 0.29) is 31.7 Å². The van der Waals surface area contributed by atoms with Crippen LogP contribution >= 0.6 is 0 Å². The fourth-order valence-corrected chi connectivity index (χ4v) is 4.72. The van der Waals surface area contributed by atoms with Crippen molar-refractivity contribution in [2.24, 2.45) is 0 Å². The van der Waals surface area contributed by atoms with Crippen LogP contribution in [0.2, 0.25) is 0 Å². The monoisotopic (exact) mass is 544 g/mol. The number of urea groups is 1. The molecule has 0 bridgehead atoms. The molecule has 1 aliphatic rings. The van der Waals surface area contributed by atoms with Crippen LogP contribution in [0.3, 0.4) is 0 Å². The molecule has 2 amide bonds. The van der Waals surface area contributed by atoms with Gasteiger partial charge < -0.3 is 30.3 Å². The van der Waals surface area contributed by atoms with Crippen molar-refractivity contribution in [3.05, 3.63) is 89.7 Å². The first-order valence-corrected chi connectivity index (χ1v) is 13.1. The molecule has 2 unspecified atom stereocenters. The first-order valence-electron chi connectivity index (χ1n) is 13.1. The van der Waals surface area contributed by atoms with Gasteiger partial charge in [-0.3, -0.25) is 9.88 Å². The van der Waals surface area contributed by atoms with Crippen LogP contribution in [0.4, 0.5) is 10.5 Å². The topological polar surface area (TPSA) is 118 Å². The number of carbonyl (C=O) groups is 1. The van der Waals surface area contributed by atoms with Crippen LogP contribution in [0.5, 0.6) is 5.75 Å². The lowest BCUT2D eigenvalue weighted by Gasteiger charge is -2.50. The summed E-state index contributed by atoms with van der Waals surface area (Å²) in [5.41, 5.74) is 1.90. The molecule has 2 heterocycles. The molecule has 0 saturated carbocycles. The van der Waals surface area contributed by atoms with E-state index in [2.05, 4.69) is 22.1 Å². The molecule has 0 radical (unpaired) electrons. The van der Waals surface area contributed by atoms with Crippen molar-refractivity contribution >= 4 is 11.7 Å². The number of nitrogens with one attached hydrogen (secondary N) is 1. The van der Waals surface area contributed by atoms with Gasteiger partial charge in [-0.1, -0.05) is 24.0 Å². The predicted octanol–water partition coefficient (Wildman–Crippen LogP) is 2.53. The van der Waals surface area contributed by atoms with Gasteiger partial charge in [0.15, 0.2) is 0 Å². The summed E-state index contributed by atoms with van der Waals surface area (Å²) in [7, 11) is 3.12. The number of aromatic nitrogens is 1. The van der Waals surface area contributed by atoms with Crippen LogP contribution in [-0.2, 0) is 0 Å². The maximum Gasteiger partial charge on any atom is 0.321 e. The normalized spacial score (nSPS) is 18.9. The molecular formula is C31H36N4O5. The molecule has 4 atom stereocenters. The summed E-state index contributed by atoms with van der Waals surface area (Å²) in [5.74, 6) is 7.00. The molecule has 0 aliphatic carbocycles. The molecule has 9 heteroatoms. The largest absolute Gasteiger partial charge is 0.497 e. The maximum atomic E-state index is 12.6. The number of hydrogen-bond acceptors (Lipinski definition) is 7. The Labute approximate surface area is 235 Å². The molecule has 4 rings (SSSR count). The van der Waals surface area contributed by atoms with Gasteiger partial charge in [0.05, 0.1) is 20.3 Å². The highest BCUT2D eigenvalue weighted by atomic mass is 16.5. The Morgan fingerprint density at radius 1 is 1.18 bits per heavy atom. The highest BCUT2D eigenvalue weighted by Gasteiger charge is 2.44. The first-order chi connectivity index (χ1) is 19.2. The number of amides is 2. The number of rotatable bonds is 9. The number of likely N-dealkylation sites (N-methyl/N-ethyl adjacent to an activating group) is 1. The minimum Gasteiger partial charge on any atom is -0.497 e. The summed E-state index contributed by atoms with van der Waals surface area (Å²) >= 11 is 0. The van der Waals surface area contributed by atoms with E-state index in [1.165, 1.54) is 4.90 Å². The fraction of sp³-hybridized carbons (Fsp3) is 0.355. The average Bonchev–Trinajstić information content (AvgIpc) is 2.95. The fourth-order valence-electron chi connectivity index (χ4n) is 4.72. The van der Waals surface area contributed by atoms with Crippen molar-refractivity contribution < 1.29 is 24.9 Å². The third-order valence-corrected chi connectivity index (χ3v) is 7.28. The van der Waals surface area contributed by atoms with Gasteiger partial charge in [-0.25, -0.2) is 4.79 Å². The number of methoxy groups -OCH3 is 1. The van der Waals surface area contributed by atoms with Crippen molar-refractivity contribution in [1.29, 1.82) is 0 Å². The lowest BCUT2D eigenvalue weighted by atomic mass is 9.81. The quantitative estimate of drug-likeness (QED) is 0.306. The number of aliphatic hydroxyl groups excluding tert-OH is 2. The van der Waals surface area contributed by atoms with Crippen LogP contribution in [0, 0.1) is 11.8 Å². The molecule has 40 heavy (non-hydrogen) atoms. The Morgan fingerprint density at radius 3 is 2.50 bits per heavy atom. The Balaban J connectivity index is 1.30. The molecule has 0 spiro atoms. The highest BCUT2D eigenvalue weighted by Crippen LogP contribution is 2.35. The Morgan fingerprint density at radius 2 is 1.88 bits per heavy atom. The number of nitrogens with zero attached hydrogens (tertiary/aromatic N) is 3. The zero-order chi connectivity index (χ0) is 28.7. The van der Waals surface area contributed by atoms with Gasteiger partial charge in [0, 0.05) is 61.3 Å². The van der Waals surface area contributed by atoms with Crippen molar-refractivity contribution in [1.82, 2.24) is 14.8 Å². The van der Waals surface area contributed by atoms with E-state index < -0.39 is 17.7 Å². The van der Waals surface area contributed by atoms with E-state index in [1.54, 1.807) is 57.7 Å². The maximum absolute atomic E-state index is 12.6. The van der Waals surface area contributed by atoms with Crippen molar-refractivity contribution in [3.8, 4) is 17.6 Å². The van der Waals surface area contributed by atoms with Gasteiger partial charge in [0.2, 0.25) is 0 Å². The number of aliphatic hydroxyl groups is 3. The number of likely N-dealkylation sites (tertiary alicyclic amines) is 1. The van der Waals surface area contributed by atoms with Crippen LogP contribution < -0.4 is 10.1 Å². The lowest BCUT2D eigenvalue weighted by Crippen LogP contribution is -2.63. The molecule has 3 aromatic rings. The molecule has 1 aromatic heterocycles. The van der Waals surface area contributed by atoms with E-state index in [1.807, 2.05) is 41.3 Å². The SMILES string of the molecule is COc1ccc(NC(=O)N(C)C[C@H](O)C(C)(O)CN2CC(c3ccc(C#Cc4cccnc4)cc3)[C@H]2CO)cc1. The molecule has 1 fully saturated rings. The summed E-state index contributed by atoms with van der Waals surface area (Å²) in [4.78, 5) is 19.9. The van der Waals surface area contributed by atoms with Crippen LogP contribution in [-0.4, -0.2) is 94.3 Å². The van der Waals surface area contributed by atoms with Crippen molar-refractivity contribution in [2.45, 2.75) is 30.6 Å². The number of pyridine rings is 1. The van der Waals surface area contributed by atoms with Gasteiger partial charge in [-0.05, 0) is 61.0 Å². The zero-order valence-corrected chi connectivity index (χ0v) is 23.0. The average molecular weight is 545 g/mol. The van der Waals surface area contributed by atoms with E-state index in [9.17, 15) is 20.1 Å². The van der Waals surface area contributed by atoms with Crippen molar-refractivity contribution in [2.75, 3.05) is 45.7 Å². The molecule has 9 nitrogen and oxygen atoms in total. The van der Waals surface area contributed by atoms with Crippen LogP contribution in [0.1, 0.15) is 29.5 Å². The molecular weight excluding hydrogens is 508 g/mol. The third kappa shape index (κ3) is 7.17. The molecule has 2 aromatic carbocycles. The second-order valence-electron chi connectivity index (χ2n) is 10.3. The molecule has 1 saturated heterocycles. The minimum atomic E-state index is -1.50. The van der Waals surface area contributed by atoms with Crippen LogP contribution in [0.25, 0.3) is 0 Å². The van der Waals surface area contributed by atoms with E-state index in [0.29, 0.717) is 18.0 Å². The third-order valence-electron chi connectivity index (χ3n) is 7.28. The Hall–Kier alpha value is -3.94. The van der Waals surface area contributed by atoms with Gasteiger partial charge in [-0.2, -0.15) is 0 Å². The summed E-state index contributed by atoms with van der Waals surface area (Å²) in [6, 6.07) is 18.0. The summed E-state index contributed by atoms with van der Waals surface area (Å²) in [6.45, 7) is 2.17. The number of carbonyl (C=O) groups excluding carboxylic acids is 1. The van der Waals surface area contributed by atoms with Gasteiger partial charge in [0.1, 0.15) is 17.5 Å². The predicted molar refractivity (Wildman–Crippen MR) is 153 cm³/mol. The van der Waals surface area contributed by atoms with Gasteiger partial charge in [-0.15, -0.1) is 0 Å². The standard InChI is InChI=1S/C31H36N4O5/c1-31(39,29(37)19-34(2)30(38)33-25-12-14-26(40-3)15-13-25)21-35-18-27(28(35)20-36)24-10-8-22(9-11-24)6-7-23-5-4-16-32-17-23/h4-5,8-17,27-29,36-37,39H,18-21H2,1-3H3,(H,33,38)/t27?,28-,29+,31?/m1/s1. The molecule has 210 valence electrons. The van der Waals surface area contributed by atoms with Crippen molar-refractivity contribution in [3.63, 3.8) is 0 Å².